The molecule has 1 saturated carbocycles. The lowest BCUT2D eigenvalue weighted by molar-refractivity contribution is -0.134. The molecule has 362 valence electrons. The summed E-state index contributed by atoms with van der Waals surface area (Å²) in [6.45, 7) is 8.44. The summed E-state index contributed by atoms with van der Waals surface area (Å²) >= 11 is 0. The molecule has 3 aromatic heterocycles. The Morgan fingerprint density at radius 3 is 2.55 bits per heavy atom. The standard InChI is InChI=1S/C51H62N12O6/c1-57(34-12-15-59(16-13-34)27-32-4-3-5-38-46(56-58(2)47(32)38)39-10-11-45(64)55-49(39)65)26-31-6-8-35(9-7-31)62-28-33-22-42(43(24-40(33)51(62)67)60-18-20-68-21-19-60)53-50(66)41-25-52-63-17-14-44(54-48(41)63)61-29-37-23-36(61)30-69-37/h3-5,14,17,22,24-25,31,34-37,39H,6-13,15-16,18-21,23,26-30H2,1-2H3,(H,53,66)(H,55,64,65)/t31?,35?,36-,37-,39?/m1/s1. The van der Waals surface area contributed by atoms with Crippen molar-refractivity contribution in [3.63, 3.8) is 0 Å². The number of fused-ring (bicyclic) bond motifs is 5. The van der Waals surface area contributed by atoms with Crippen LogP contribution in [0.2, 0.25) is 0 Å². The molecule has 1 aliphatic carbocycles. The van der Waals surface area contributed by atoms with Gasteiger partial charge in [0.1, 0.15) is 11.4 Å². The van der Waals surface area contributed by atoms with Gasteiger partial charge in [-0.3, -0.25) is 34.1 Å². The van der Waals surface area contributed by atoms with Gasteiger partial charge in [-0.2, -0.15) is 10.2 Å². The number of nitrogens with zero attached hydrogens (tertiary/aromatic N) is 10. The van der Waals surface area contributed by atoms with Crippen LogP contribution in [-0.2, 0) is 39.2 Å². The number of ether oxygens (including phenoxy) is 2. The summed E-state index contributed by atoms with van der Waals surface area (Å²) in [4.78, 5) is 69.7. The maximum Gasteiger partial charge on any atom is 0.261 e. The van der Waals surface area contributed by atoms with Gasteiger partial charge in [-0.25, -0.2) is 9.50 Å². The number of anilines is 3. The lowest BCUT2D eigenvalue weighted by atomic mass is 9.84. The number of hydrogen-bond donors (Lipinski definition) is 2. The monoisotopic (exact) mass is 938 g/mol. The third kappa shape index (κ3) is 8.31. The van der Waals surface area contributed by atoms with Gasteiger partial charge in [-0.15, -0.1) is 0 Å². The molecule has 6 fully saturated rings. The Morgan fingerprint density at radius 2 is 1.78 bits per heavy atom. The number of aromatic nitrogens is 5. The van der Waals surface area contributed by atoms with Gasteiger partial charge in [-0.05, 0) is 107 Å². The number of aryl methyl sites for hydroxylation is 1. The molecule has 69 heavy (non-hydrogen) atoms. The van der Waals surface area contributed by atoms with E-state index in [1.165, 1.54) is 5.56 Å². The molecule has 2 N–H and O–H groups in total. The smallest absolute Gasteiger partial charge is 0.261 e. The van der Waals surface area contributed by atoms with E-state index in [2.05, 4.69) is 65.5 Å². The number of likely N-dealkylation sites (tertiary alicyclic amines) is 1. The zero-order valence-electron chi connectivity index (χ0n) is 39.6. The summed E-state index contributed by atoms with van der Waals surface area (Å²) in [5.74, 6) is 0.333. The number of carbonyl (C=O) groups is 4. The van der Waals surface area contributed by atoms with Crippen molar-refractivity contribution in [2.45, 2.75) is 101 Å². The second-order valence-corrected chi connectivity index (χ2v) is 20.6. The first kappa shape index (κ1) is 44.3. The van der Waals surface area contributed by atoms with E-state index in [1.54, 1.807) is 10.7 Å². The number of imide groups is 1. The van der Waals surface area contributed by atoms with Crippen LogP contribution in [0.15, 0.2) is 48.8 Å². The predicted molar refractivity (Wildman–Crippen MR) is 258 cm³/mol. The molecule has 7 aliphatic rings. The molecule has 2 aromatic carbocycles. The summed E-state index contributed by atoms with van der Waals surface area (Å²) in [6.07, 6.45) is 11.9. The van der Waals surface area contributed by atoms with E-state index >= 15 is 0 Å². The number of nitrogens with one attached hydrogen (secondary N) is 2. The minimum atomic E-state index is -0.413. The molecule has 18 heteroatoms. The molecule has 5 saturated heterocycles. The average molecular weight is 939 g/mol. The fourth-order valence-electron chi connectivity index (χ4n) is 12.6. The van der Waals surface area contributed by atoms with Crippen LogP contribution in [-0.4, -0.2) is 153 Å². The summed E-state index contributed by atoms with van der Waals surface area (Å²) in [6, 6.07) is 13.3. The quantitative estimate of drug-likeness (QED) is 0.180. The summed E-state index contributed by atoms with van der Waals surface area (Å²) in [5.41, 5.74) is 7.12. The number of morpholine rings is 2. The van der Waals surface area contributed by atoms with Crippen LogP contribution in [0.4, 0.5) is 17.2 Å². The number of amides is 4. The van der Waals surface area contributed by atoms with Gasteiger partial charge in [0.05, 0.1) is 66.7 Å². The molecule has 2 bridgehead atoms. The fraction of sp³-hybridized carbons (Fsp3) is 0.549. The van der Waals surface area contributed by atoms with Crippen molar-refractivity contribution in [3.8, 4) is 0 Å². The Kier molecular flexibility index (Phi) is 11.6. The van der Waals surface area contributed by atoms with Crippen LogP contribution >= 0.6 is 0 Å². The number of carbonyl (C=O) groups excluding carboxylic acids is 4. The van der Waals surface area contributed by atoms with E-state index in [-0.39, 0.29) is 35.8 Å². The van der Waals surface area contributed by atoms with Gasteiger partial charge in [0.2, 0.25) is 11.8 Å². The molecule has 18 nitrogen and oxygen atoms in total. The first-order chi connectivity index (χ1) is 33.6. The van der Waals surface area contributed by atoms with E-state index in [0.717, 1.165) is 117 Å². The summed E-state index contributed by atoms with van der Waals surface area (Å²) in [7, 11) is 4.24. The highest BCUT2D eigenvalue weighted by Gasteiger charge is 2.41. The zero-order chi connectivity index (χ0) is 46.9. The lowest BCUT2D eigenvalue weighted by Gasteiger charge is -2.40. The van der Waals surface area contributed by atoms with Gasteiger partial charge in [0.15, 0.2) is 5.65 Å². The third-order valence-corrected chi connectivity index (χ3v) is 16.4. The topological polar surface area (TPSA) is 175 Å². The molecular formula is C51H62N12O6. The minimum Gasteiger partial charge on any atom is -0.378 e. The number of para-hydroxylation sites is 1. The van der Waals surface area contributed by atoms with Gasteiger partial charge >= 0.3 is 0 Å². The highest BCUT2D eigenvalue weighted by atomic mass is 16.5. The van der Waals surface area contributed by atoms with Crippen LogP contribution in [0.25, 0.3) is 16.6 Å². The van der Waals surface area contributed by atoms with Crippen molar-refractivity contribution in [1.29, 1.82) is 0 Å². The highest BCUT2D eigenvalue weighted by Crippen LogP contribution is 2.40. The minimum absolute atomic E-state index is 0.0828. The number of benzene rings is 2. The van der Waals surface area contributed by atoms with E-state index in [1.807, 2.05) is 36.1 Å². The van der Waals surface area contributed by atoms with Gasteiger partial charge in [0, 0.05) is 82.0 Å². The Morgan fingerprint density at radius 1 is 0.957 bits per heavy atom. The van der Waals surface area contributed by atoms with E-state index in [4.69, 9.17) is 19.6 Å². The van der Waals surface area contributed by atoms with Gasteiger partial charge < -0.3 is 34.4 Å². The predicted octanol–water partition coefficient (Wildman–Crippen LogP) is 4.31. The highest BCUT2D eigenvalue weighted by molar-refractivity contribution is 6.10. The van der Waals surface area contributed by atoms with Crippen molar-refractivity contribution in [1.82, 2.24) is 44.4 Å². The second-order valence-electron chi connectivity index (χ2n) is 20.6. The van der Waals surface area contributed by atoms with Crippen molar-refractivity contribution < 1.29 is 28.7 Å². The first-order valence-corrected chi connectivity index (χ1v) is 25.2. The Hall–Kier alpha value is -5.95. The van der Waals surface area contributed by atoms with Crippen LogP contribution in [0.3, 0.4) is 0 Å². The summed E-state index contributed by atoms with van der Waals surface area (Å²) < 4.78 is 15.1. The molecular weight excluding hydrogens is 877 g/mol. The fourth-order valence-corrected chi connectivity index (χ4v) is 12.6. The van der Waals surface area contributed by atoms with Crippen LogP contribution in [0.1, 0.15) is 101 Å². The maximum absolute atomic E-state index is 14.3. The van der Waals surface area contributed by atoms with Gasteiger partial charge in [0.25, 0.3) is 11.8 Å². The molecule has 3 atom stereocenters. The Bertz CT molecular complexity index is 2820. The molecule has 0 spiro atoms. The molecule has 0 radical (unpaired) electrons. The molecule has 5 aromatic rings. The van der Waals surface area contributed by atoms with Crippen molar-refractivity contribution in [2.75, 3.05) is 81.3 Å². The lowest BCUT2D eigenvalue weighted by Crippen LogP contribution is -2.45. The molecule has 12 rings (SSSR count). The zero-order valence-corrected chi connectivity index (χ0v) is 39.6. The third-order valence-electron chi connectivity index (χ3n) is 16.4. The summed E-state index contributed by atoms with van der Waals surface area (Å²) in [5, 5.41) is 16.0. The van der Waals surface area contributed by atoms with Crippen LogP contribution in [0, 0.1) is 5.92 Å². The van der Waals surface area contributed by atoms with E-state index in [9.17, 15) is 19.2 Å². The van der Waals surface area contributed by atoms with E-state index < -0.39 is 5.92 Å². The largest absolute Gasteiger partial charge is 0.378 e. The number of rotatable bonds is 11. The molecule has 1 unspecified atom stereocenters. The SMILES string of the molecule is CN(CC1CCC(N2Cc3cc(NC(=O)c4cnn5ccc(N6C[C@H]7C[C@@H]6CO7)nc45)c(N4CCOCC4)cc3C2=O)CC1)C1CCN(Cc2cccc3c(C4CCC(=O)NC4=O)nn(C)c23)CC1. The van der Waals surface area contributed by atoms with Crippen molar-refractivity contribution in [2.24, 2.45) is 13.0 Å². The maximum atomic E-state index is 14.3. The van der Waals surface area contributed by atoms with Gasteiger partial charge in [-0.1, -0.05) is 18.2 Å². The van der Waals surface area contributed by atoms with Crippen molar-refractivity contribution >= 4 is 57.4 Å². The average Bonchev–Trinajstić information content (AvgIpc) is 4.22. The normalized spacial score (nSPS) is 25.7. The molecule has 6 aliphatic heterocycles. The van der Waals surface area contributed by atoms with Crippen LogP contribution in [0.5, 0.6) is 0 Å². The molecule has 4 amide bonds. The van der Waals surface area contributed by atoms with Crippen molar-refractivity contribution in [3.05, 3.63) is 76.7 Å². The number of piperidine rings is 2. The number of hydrogen-bond acceptors (Lipinski definition) is 13. The Balaban J connectivity index is 0.663. The second kappa shape index (κ2) is 18.1. The Labute approximate surface area is 401 Å². The van der Waals surface area contributed by atoms with E-state index in [0.29, 0.717) is 87.2 Å². The first-order valence-electron chi connectivity index (χ1n) is 25.2. The van der Waals surface area contributed by atoms with Crippen LogP contribution < -0.4 is 20.4 Å². The molecule has 9 heterocycles.